The van der Waals surface area contributed by atoms with Gasteiger partial charge >= 0.3 is 0 Å². The number of H-pyrrole nitrogens is 1. The Morgan fingerprint density at radius 3 is 2.45 bits per heavy atom. The van der Waals surface area contributed by atoms with Crippen molar-refractivity contribution in [3.05, 3.63) is 101 Å². The summed E-state index contributed by atoms with van der Waals surface area (Å²) in [6, 6.07) is 23.9. The van der Waals surface area contributed by atoms with Crippen LogP contribution in [0.3, 0.4) is 0 Å². The van der Waals surface area contributed by atoms with Crippen LogP contribution in [0.4, 0.5) is 0 Å². The number of para-hydroxylation sites is 1. The summed E-state index contributed by atoms with van der Waals surface area (Å²) in [6.07, 6.45) is 2.04. The highest BCUT2D eigenvalue weighted by atomic mass is 16.5. The number of benzene rings is 3. The Labute approximate surface area is 170 Å². The van der Waals surface area contributed by atoms with E-state index in [0.29, 0.717) is 12.1 Å². The molecule has 2 N–H and O–H groups in total. The Morgan fingerprint density at radius 2 is 1.72 bits per heavy atom. The number of amides is 1. The van der Waals surface area contributed by atoms with Crippen LogP contribution in [0, 0.1) is 6.92 Å². The number of carbonyl (C=O) groups excluding carboxylic acids is 1. The first kappa shape index (κ1) is 18.8. The number of aromatic amines is 1. The normalized spacial score (nSPS) is 11.9. The molecule has 29 heavy (non-hydrogen) atoms. The van der Waals surface area contributed by atoms with E-state index in [1.807, 2.05) is 61.7 Å². The molecule has 1 aromatic heterocycles. The van der Waals surface area contributed by atoms with Crippen LogP contribution in [0.15, 0.2) is 79.0 Å². The number of aryl methyl sites for hydroxylation is 1. The quantitative estimate of drug-likeness (QED) is 0.489. The van der Waals surface area contributed by atoms with Crippen molar-refractivity contribution in [3.63, 3.8) is 0 Å². The van der Waals surface area contributed by atoms with Gasteiger partial charge in [0.25, 0.3) is 5.91 Å². The van der Waals surface area contributed by atoms with Gasteiger partial charge in [0.15, 0.2) is 0 Å². The third-order valence-corrected chi connectivity index (χ3v) is 5.30. The number of ether oxygens (including phenoxy) is 1. The van der Waals surface area contributed by atoms with Crippen LogP contribution in [-0.4, -0.2) is 24.5 Å². The van der Waals surface area contributed by atoms with E-state index in [2.05, 4.69) is 34.6 Å². The molecule has 4 rings (SSSR count). The number of aromatic nitrogens is 1. The van der Waals surface area contributed by atoms with Gasteiger partial charge in [-0.2, -0.15) is 0 Å². The zero-order chi connectivity index (χ0) is 20.2. The summed E-state index contributed by atoms with van der Waals surface area (Å²) >= 11 is 0. The Morgan fingerprint density at radius 1 is 1.00 bits per heavy atom. The smallest absolute Gasteiger partial charge is 0.251 e. The second-order valence-electron chi connectivity index (χ2n) is 7.19. The van der Waals surface area contributed by atoms with Gasteiger partial charge in [-0.3, -0.25) is 4.79 Å². The van der Waals surface area contributed by atoms with E-state index in [-0.39, 0.29) is 11.8 Å². The highest BCUT2D eigenvalue weighted by Gasteiger charge is 2.19. The molecule has 146 valence electrons. The van der Waals surface area contributed by atoms with E-state index in [9.17, 15) is 4.79 Å². The minimum Gasteiger partial charge on any atom is -0.497 e. The molecule has 0 aliphatic heterocycles. The van der Waals surface area contributed by atoms with Crippen molar-refractivity contribution in [3.8, 4) is 5.75 Å². The van der Waals surface area contributed by atoms with E-state index < -0.39 is 0 Å². The summed E-state index contributed by atoms with van der Waals surface area (Å²) in [7, 11) is 1.66. The van der Waals surface area contributed by atoms with Crippen LogP contribution in [0.5, 0.6) is 5.75 Å². The molecule has 4 heteroatoms. The Kier molecular flexibility index (Phi) is 5.34. The molecule has 0 saturated heterocycles. The van der Waals surface area contributed by atoms with Crippen molar-refractivity contribution in [2.45, 2.75) is 12.8 Å². The fraction of sp³-hybridized carbons (Fsp3) is 0.160. The van der Waals surface area contributed by atoms with Crippen LogP contribution >= 0.6 is 0 Å². The van der Waals surface area contributed by atoms with Crippen molar-refractivity contribution in [2.24, 2.45) is 0 Å². The lowest BCUT2D eigenvalue weighted by Crippen LogP contribution is -2.28. The van der Waals surface area contributed by atoms with Crippen LogP contribution < -0.4 is 10.1 Å². The fourth-order valence-corrected chi connectivity index (χ4v) is 3.63. The van der Waals surface area contributed by atoms with Gasteiger partial charge in [0.05, 0.1) is 7.11 Å². The summed E-state index contributed by atoms with van der Waals surface area (Å²) in [5, 5.41) is 4.28. The van der Waals surface area contributed by atoms with Gasteiger partial charge < -0.3 is 15.0 Å². The Hall–Kier alpha value is -3.53. The first-order valence-electron chi connectivity index (χ1n) is 9.70. The summed E-state index contributed by atoms with van der Waals surface area (Å²) in [5.41, 5.74) is 5.18. The lowest BCUT2D eigenvalue weighted by molar-refractivity contribution is 0.0952. The van der Waals surface area contributed by atoms with Gasteiger partial charge in [-0.15, -0.1) is 0 Å². The number of rotatable bonds is 6. The van der Waals surface area contributed by atoms with Crippen molar-refractivity contribution < 1.29 is 9.53 Å². The molecule has 0 radical (unpaired) electrons. The third kappa shape index (κ3) is 4.02. The maximum absolute atomic E-state index is 12.7. The first-order chi connectivity index (χ1) is 14.2. The predicted molar refractivity (Wildman–Crippen MR) is 117 cm³/mol. The van der Waals surface area contributed by atoms with Gasteiger partial charge in [-0.1, -0.05) is 48.0 Å². The topological polar surface area (TPSA) is 54.1 Å². The number of nitrogens with one attached hydrogen (secondary N) is 2. The fourth-order valence-electron chi connectivity index (χ4n) is 3.63. The molecule has 0 aliphatic rings. The molecular weight excluding hydrogens is 360 g/mol. The van der Waals surface area contributed by atoms with Crippen LogP contribution in [-0.2, 0) is 0 Å². The molecule has 1 atom stereocenters. The van der Waals surface area contributed by atoms with Crippen molar-refractivity contribution in [2.75, 3.05) is 13.7 Å². The minimum absolute atomic E-state index is 0.0199. The highest BCUT2D eigenvalue weighted by molar-refractivity contribution is 5.94. The average Bonchev–Trinajstić information content (AvgIpc) is 3.19. The van der Waals surface area contributed by atoms with Crippen molar-refractivity contribution in [1.29, 1.82) is 0 Å². The van der Waals surface area contributed by atoms with Crippen molar-refractivity contribution >= 4 is 16.8 Å². The highest BCUT2D eigenvalue weighted by Crippen LogP contribution is 2.31. The molecule has 1 amide bonds. The van der Waals surface area contributed by atoms with E-state index in [1.54, 1.807) is 7.11 Å². The molecule has 0 saturated carbocycles. The maximum atomic E-state index is 12.7. The number of fused-ring (bicyclic) bond motifs is 1. The number of methoxy groups -OCH3 is 1. The third-order valence-electron chi connectivity index (χ3n) is 5.30. The molecule has 0 fully saturated rings. The SMILES string of the molecule is COc1ccc([C@H](CNC(=O)c2ccc(C)cc2)c2c[nH]c3ccccc23)cc1. The second kappa shape index (κ2) is 8.23. The largest absolute Gasteiger partial charge is 0.497 e. The summed E-state index contributed by atoms with van der Waals surface area (Å²) in [6.45, 7) is 2.51. The van der Waals surface area contributed by atoms with E-state index in [0.717, 1.165) is 33.3 Å². The maximum Gasteiger partial charge on any atom is 0.251 e. The summed E-state index contributed by atoms with van der Waals surface area (Å²) < 4.78 is 5.30. The molecule has 3 aromatic carbocycles. The lowest BCUT2D eigenvalue weighted by atomic mass is 9.90. The zero-order valence-electron chi connectivity index (χ0n) is 16.6. The van der Waals surface area contributed by atoms with Gasteiger partial charge in [-0.05, 0) is 48.4 Å². The number of hydrogen-bond acceptors (Lipinski definition) is 2. The van der Waals surface area contributed by atoms with E-state index >= 15 is 0 Å². The van der Waals surface area contributed by atoms with Gasteiger partial charge in [0.2, 0.25) is 0 Å². The first-order valence-corrected chi connectivity index (χ1v) is 9.70. The Bertz CT molecular complexity index is 1110. The lowest BCUT2D eigenvalue weighted by Gasteiger charge is -2.19. The van der Waals surface area contributed by atoms with Crippen LogP contribution in [0.1, 0.15) is 33.0 Å². The zero-order valence-corrected chi connectivity index (χ0v) is 16.6. The average molecular weight is 384 g/mol. The van der Waals surface area contributed by atoms with Gasteiger partial charge in [0, 0.05) is 35.1 Å². The molecule has 0 bridgehead atoms. The van der Waals surface area contributed by atoms with E-state index in [4.69, 9.17) is 4.74 Å². The second-order valence-corrected chi connectivity index (χ2v) is 7.19. The standard InChI is InChI=1S/C25H24N2O2/c1-17-7-9-19(10-8-17)25(28)27-15-22(18-11-13-20(29-2)14-12-18)23-16-26-24-6-4-3-5-21(23)24/h3-14,16,22,26H,15H2,1-2H3,(H,27,28)/t22-/m0/s1. The Balaban J connectivity index is 1.64. The van der Waals surface area contributed by atoms with Crippen LogP contribution in [0.2, 0.25) is 0 Å². The predicted octanol–water partition coefficient (Wildman–Crippen LogP) is 5.05. The molecule has 4 aromatic rings. The molecule has 0 unspecified atom stereocenters. The molecule has 4 nitrogen and oxygen atoms in total. The number of carbonyl (C=O) groups is 1. The summed E-state index contributed by atoms with van der Waals surface area (Å²) in [5.74, 6) is 0.768. The summed E-state index contributed by atoms with van der Waals surface area (Å²) in [4.78, 5) is 16.0. The minimum atomic E-state index is -0.0663. The molecular formula is C25H24N2O2. The molecule has 1 heterocycles. The molecule has 0 aliphatic carbocycles. The molecule has 0 spiro atoms. The van der Waals surface area contributed by atoms with Gasteiger partial charge in [0.1, 0.15) is 5.75 Å². The van der Waals surface area contributed by atoms with E-state index in [1.165, 1.54) is 0 Å². The number of hydrogen-bond donors (Lipinski definition) is 2. The van der Waals surface area contributed by atoms with Crippen molar-refractivity contribution in [1.82, 2.24) is 10.3 Å². The van der Waals surface area contributed by atoms with Gasteiger partial charge in [-0.25, -0.2) is 0 Å². The van der Waals surface area contributed by atoms with Crippen LogP contribution in [0.25, 0.3) is 10.9 Å². The monoisotopic (exact) mass is 384 g/mol.